The van der Waals surface area contributed by atoms with Crippen LogP contribution < -0.4 is 5.32 Å². The van der Waals surface area contributed by atoms with E-state index in [4.69, 9.17) is 0 Å². The number of rotatable bonds is 5. The fourth-order valence-electron chi connectivity index (χ4n) is 3.40. The van der Waals surface area contributed by atoms with E-state index in [-0.39, 0.29) is 24.0 Å². The van der Waals surface area contributed by atoms with Crippen LogP contribution >= 0.6 is 23.7 Å². The van der Waals surface area contributed by atoms with Crippen LogP contribution in [0.1, 0.15) is 40.7 Å². The van der Waals surface area contributed by atoms with Crippen LogP contribution in [0.25, 0.3) is 0 Å². The van der Waals surface area contributed by atoms with Gasteiger partial charge in [0.1, 0.15) is 0 Å². The van der Waals surface area contributed by atoms with Gasteiger partial charge in [-0.15, -0.1) is 23.7 Å². The molecule has 2 heterocycles. The molecule has 0 bridgehead atoms. The highest BCUT2D eigenvalue weighted by Crippen LogP contribution is 2.35. The third-order valence-electron chi connectivity index (χ3n) is 4.73. The van der Waals surface area contributed by atoms with E-state index in [0.29, 0.717) is 24.2 Å². The molecule has 1 aromatic carbocycles. The molecule has 0 aliphatic carbocycles. The summed E-state index contributed by atoms with van der Waals surface area (Å²) in [6, 6.07) is 8.67. The van der Waals surface area contributed by atoms with Crippen LogP contribution in [0.2, 0.25) is 0 Å². The molecule has 0 radical (unpaired) electrons. The molecule has 2 atom stereocenters. The van der Waals surface area contributed by atoms with Crippen LogP contribution in [-0.4, -0.2) is 34.9 Å². The molecule has 0 spiro atoms. The highest BCUT2D eigenvalue weighted by molar-refractivity contribution is 7.10. The zero-order chi connectivity index (χ0) is 18.0. The predicted molar refractivity (Wildman–Crippen MR) is 105 cm³/mol. The Hall–Kier alpha value is -1.96. The summed E-state index contributed by atoms with van der Waals surface area (Å²) >= 11 is 1.80. The number of carbonyl (C=O) groups is 1. The summed E-state index contributed by atoms with van der Waals surface area (Å²) in [4.78, 5) is 26.2. The van der Waals surface area contributed by atoms with Crippen molar-refractivity contribution in [1.29, 1.82) is 0 Å². The summed E-state index contributed by atoms with van der Waals surface area (Å²) < 4.78 is 0. The summed E-state index contributed by atoms with van der Waals surface area (Å²) in [7, 11) is 0. The highest BCUT2D eigenvalue weighted by atomic mass is 35.5. The molecule has 0 fully saturated rings. The molecular formula is C18H22ClN3O3S. The van der Waals surface area contributed by atoms with Crippen LogP contribution in [0.5, 0.6) is 0 Å². The van der Waals surface area contributed by atoms with E-state index in [1.165, 1.54) is 34.7 Å². The van der Waals surface area contributed by atoms with Crippen molar-refractivity contribution >= 4 is 35.3 Å². The molecule has 0 saturated carbocycles. The minimum absolute atomic E-state index is 0. The molecule has 0 unspecified atom stereocenters. The number of carbonyl (C=O) groups excluding carboxylic acids is 1. The van der Waals surface area contributed by atoms with E-state index in [9.17, 15) is 14.9 Å². The standard InChI is InChI=1S/C18H21N3O3S.ClH/c1-12-11-15-7-10-25-17(15)13(2)20(12)9-8-19-18(22)14-3-5-16(6-4-14)21(23)24;/h3-7,10,12-13H,8-9,11H2,1-2H3,(H,19,22);1H/t12-,13-;/m0./s1. The first-order valence-electron chi connectivity index (χ1n) is 8.32. The van der Waals surface area contributed by atoms with Crippen molar-refractivity contribution in [1.82, 2.24) is 10.2 Å². The van der Waals surface area contributed by atoms with Gasteiger partial charge in [0.25, 0.3) is 11.6 Å². The average molecular weight is 396 g/mol. The Labute approximate surface area is 162 Å². The summed E-state index contributed by atoms with van der Waals surface area (Å²) in [5, 5.41) is 15.7. The lowest BCUT2D eigenvalue weighted by Gasteiger charge is -2.38. The second kappa shape index (κ2) is 8.62. The smallest absolute Gasteiger partial charge is 0.269 e. The van der Waals surface area contributed by atoms with E-state index in [1.54, 1.807) is 11.3 Å². The number of nitrogens with zero attached hydrogens (tertiary/aromatic N) is 2. The van der Waals surface area contributed by atoms with Gasteiger partial charge in [-0.2, -0.15) is 0 Å². The lowest BCUT2D eigenvalue weighted by atomic mass is 9.97. The second-order valence-electron chi connectivity index (χ2n) is 6.34. The van der Waals surface area contributed by atoms with Crippen LogP contribution in [0.15, 0.2) is 35.7 Å². The van der Waals surface area contributed by atoms with E-state index in [2.05, 4.69) is 35.5 Å². The molecule has 8 heteroatoms. The van der Waals surface area contributed by atoms with Crippen molar-refractivity contribution < 1.29 is 9.72 Å². The molecule has 6 nitrogen and oxygen atoms in total. The molecule has 1 aliphatic heterocycles. The largest absolute Gasteiger partial charge is 0.351 e. The number of fused-ring (bicyclic) bond motifs is 1. The van der Waals surface area contributed by atoms with Crippen molar-refractivity contribution in [3.05, 3.63) is 61.8 Å². The van der Waals surface area contributed by atoms with Gasteiger partial charge in [-0.25, -0.2) is 0 Å². The first kappa shape index (κ1) is 20.4. The topological polar surface area (TPSA) is 75.5 Å². The summed E-state index contributed by atoms with van der Waals surface area (Å²) in [6.45, 7) is 5.75. The maximum Gasteiger partial charge on any atom is 0.269 e. The van der Waals surface area contributed by atoms with Crippen LogP contribution in [0.3, 0.4) is 0 Å². The van der Waals surface area contributed by atoms with Crippen molar-refractivity contribution in [2.24, 2.45) is 0 Å². The summed E-state index contributed by atoms with van der Waals surface area (Å²) in [5.41, 5.74) is 1.86. The first-order valence-corrected chi connectivity index (χ1v) is 9.20. The van der Waals surface area contributed by atoms with Gasteiger partial charge in [-0.3, -0.25) is 19.8 Å². The first-order chi connectivity index (χ1) is 12.0. The van der Waals surface area contributed by atoms with E-state index >= 15 is 0 Å². The van der Waals surface area contributed by atoms with Gasteiger partial charge in [-0.05, 0) is 49.4 Å². The van der Waals surface area contributed by atoms with Gasteiger partial charge in [0.2, 0.25) is 0 Å². The molecule has 0 saturated heterocycles. The number of hydrogen-bond donors (Lipinski definition) is 1. The Kier molecular flexibility index (Phi) is 6.75. The lowest BCUT2D eigenvalue weighted by molar-refractivity contribution is -0.384. The Morgan fingerprint density at radius 1 is 1.31 bits per heavy atom. The van der Waals surface area contributed by atoms with E-state index in [1.807, 2.05) is 0 Å². The number of halogens is 1. The zero-order valence-corrected chi connectivity index (χ0v) is 16.3. The van der Waals surface area contributed by atoms with Gasteiger partial charge in [0, 0.05) is 47.7 Å². The normalized spacial score (nSPS) is 19.3. The Bertz CT molecular complexity index is 778. The van der Waals surface area contributed by atoms with Crippen molar-refractivity contribution in [3.63, 3.8) is 0 Å². The number of nitro groups is 1. The third kappa shape index (κ3) is 4.23. The lowest BCUT2D eigenvalue weighted by Crippen LogP contribution is -2.44. The zero-order valence-electron chi connectivity index (χ0n) is 14.7. The molecule has 26 heavy (non-hydrogen) atoms. The van der Waals surface area contributed by atoms with Gasteiger partial charge in [0.15, 0.2) is 0 Å². The monoisotopic (exact) mass is 395 g/mol. The van der Waals surface area contributed by atoms with E-state index in [0.717, 1.165) is 13.0 Å². The molecule has 1 aromatic heterocycles. The molecule has 2 aromatic rings. The van der Waals surface area contributed by atoms with E-state index < -0.39 is 4.92 Å². The van der Waals surface area contributed by atoms with Gasteiger partial charge in [-0.1, -0.05) is 0 Å². The maximum absolute atomic E-state index is 12.2. The number of amides is 1. The minimum Gasteiger partial charge on any atom is -0.351 e. The average Bonchev–Trinajstić information content (AvgIpc) is 3.06. The number of thiophene rings is 1. The van der Waals surface area contributed by atoms with Gasteiger partial charge < -0.3 is 5.32 Å². The Morgan fingerprint density at radius 2 is 2.00 bits per heavy atom. The summed E-state index contributed by atoms with van der Waals surface area (Å²) in [5.74, 6) is -0.205. The fourth-order valence-corrected chi connectivity index (χ4v) is 4.41. The molecule has 140 valence electrons. The van der Waals surface area contributed by atoms with Crippen LogP contribution in [0, 0.1) is 10.1 Å². The maximum atomic E-state index is 12.2. The molecule has 1 N–H and O–H groups in total. The third-order valence-corrected chi connectivity index (χ3v) is 5.86. The van der Waals surface area contributed by atoms with Gasteiger partial charge in [0.05, 0.1) is 4.92 Å². The Balaban J connectivity index is 0.00000243. The molecular weight excluding hydrogens is 374 g/mol. The number of nitro benzene ring substituents is 1. The predicted octanol–water partition coefficient (Wildman–Crippen LogP) is 3.82. The number of benzene rings is 1. The Morgan fingerprint density at radius 3 is 2.65 bits per heavy atom. The molecule has 1 aliphatic rings. The number of nitrogens with one attached hydrogen (secondary N) is 1. The highest BCUT2D eigenvalue weighted by Gasteiger charge is 2.29. The fraction of sp³-hybridized carbons (Fsp3) is 0.389. The van der Waals surface area contributed by atoms with Crippen molar-refractivity contribution in [2.45, 2.75) is 32.4 Å². The van der Waals surface area contributed by atoms with Crippen molar-refractivity contribution in [3.8, 4) is 0 Å². The molecule has 3 rings (SSSR count). The minimum atomic E-state index is -0.473. The SMILES string of the molecule is C[C@H]1Cc2ccsc2[C@H](C)N1CCNC(=O)c1ccc([N+](=O)[O-])cc1.Cl. The number of non-ortho nitro benzene ring substituents is 1. The summed E-state index contributed by atoms with van der Waals surface area (Å²) in [6.07, 6.45) is 1.04. The number of hydrogen-bond acceptors (Lipinski definition) is 5. The quantitative estimate of drug-likeness (QED) is 0.616. The molecule has 1 amide bonds. The van der Waals surface area contributed by atoms with Gasteiger partial charge >= 0.3 is 0 Å². The van der Waals surface area contributed by atoms with Crippen molar-refractivity contribution in [2.75, 3.05) is 13.1 Å². The van der Waals surface area contributed by atoms with Crippen LogP contribution in [-0.2, 0) is 6.42 Å². The van der Waals surface area contributed by atoms with Crippen LogP contribution in [0.4, 0.5) is 5.69 Å². The second-order valence-corrected chi connectivity index (χ2v) is 7.28.